The van der Waals surface area contributed by atoms with Gasteiger partial charge in [-0.15, -0.1) is 0 Å². The molecule has 2 rings (SSSR count). The fourth-order valence-electron chi connectivity index (χ4n) is 2.94. The van der Waals surface area contributed by atoms with Gasteiger partial charge >= 0.3 is 0 Å². The number of para-hydroxylation sites is 1. The Morgan fingerprint density at radius 3 is 2.31 bits per heavy atom. The summed E-state index contributed by atoms with van der Waals surface area (Å²) in [6.07, 6.45) is 1.00. The van der Waals surface area contributed by atoms with Gasteiger partial charge in [0.2, 0.25) is 0 Å². The van der Waals surface area contributed by atoms with Crippen LogP contribution in [0.25, 0.3) is 0 Å². The van der Waals surface area contributed by atoms with E-state index in [-0.39, 0.29) is 0 Å². The van der Waals surface area contributed by atoms with Crippen LogP contribution in [0.1, 0.15) is 34.1 Å². The number of ether oxygens (including phenoxy) is 1. The van der Waals surface area contributed by atoms with E-state index in [0.29, 0.717) is 30.1 Å². The number of nitrogens with two attached hydrogens (primary N) is 2. The highest BCUT2D eigenvalue weighted by Gasteiger charge is 2.13. The lowest BCUT2D eigenvalue weighted by Gasteiger charge is -2.30. The maximum Gasteiger partial charge on any atom is 0.133 e. The SMILES string of the molecule is CC(C)N(CCCOc1ccccc1Sc1ccc(N)c(N)c1)C(C)C. The molecule has 0 bridgehead atoms. The molecule has 0 heterocycles. The van der Waals surface area contributed by atoms with Crippen LogP contribution >= 0.6 is 11.8 Å². The Kier molecular flexibility index (Phi) is 7.66. The molecule has 26 heavy (non-hydrogen) atoms. The van der Waals surface area contributed by atoms with Gasteiger partial charge in [0.05, 0.1) is 22.9 Å². The fraction of sp³-hybridized carbons (Fsp3) is 0.429. The van der Waals surface area contributed by atoms with E-state index in [1.165, 1.54) is 0 Å². The van der Waals surface area contributed by atoms with Gasteiger partial charge in [-0.05, 0) is 64.4 Å². The number of benzene rings is 2. The van der Waals surface area contributed by atoms with Gasteiger partial charge in [-0.25, -0.2) is 0 Å². The molecule has 2 aromatic rings. The largest absolute Gasteiger partial charge is 0.492 e. The van der Waals surface area contributed by atoms with Crippen molar-refractivity contribution in [2.75, 3.05) is 24.6 Å². The molecule has 0 radical (unpaired) electrons. The molecule has 0 aromatic heterocycles. The van der Waals surface area contributed by atoms with Gasteiger partial charge in [-0.3, -0.25) is 4.90 Å². The molecule has 0 atom stereocenters. The summed E-state index contributed by atoms with van der Waals surface area (Å²) in [7, 11) is 0. The fourth-order valence-corrected chi connectivity index (χ4v) is 3.89. The molecule has 0 aliphatic carbocycles. The number of rotatable bonds is 9. The molecule has 5 heteroatoms. The zero-order valence-corrected chi connectivity index (χ0v) is 17.1. The molecular weight excluding hydrogens is 342 g/mol. The standard InChI is InChI=1S/C21H31N3OS/c1-15(2)24(16(3)4)12-7-13-25-20-8-5-6-9-21(20)26-17-10-11-18(22)19(23)14-17/h5-6,8-11,14-16H,7,12-13,22-23H2,1-4H3. The van der Waals surface area contributed by atoms with Gasteiger partial charge in [0, 0.05) is 23.5 Å². The Balaban J connectivity index is 1.95. The van der Waals surface area contributed by atoms with Crippen molar-refractivity contribution in [1.82, 2.24) is 4.90 Å². The number of hydrogen-bond donors (Lipinski definition) is 2. The van der Waals surface area contributed by atoms with Gasteiger partial charge in [0.1, 0.15) is 5.75 Å². The molecule has 0 aliphatic heterocycles. The Bertz CT molecular complexity index is 695. The average molecular weight is 374 g/mol. The van der Waals surface area contributed by atoms with Gasteiger partial charge in [-0.2, -0.15) is 0 Å². The molecule has 2 aromatic carbocycles. The third-order valence-corrected chi connectivity index (χ3v) is 5.33. The predicted octanol–water partition coefficient (Wildman–Crippen LogP) is 4.89. The van der Waals surface area contributed by atoms with E-state index in [9.17, 15) is 0 Å². The van der Waals surface area contributed by atoms with Crippen LogP contribution in [0.5, 0.6) is 5.75 Å². The second kappa shape index (κ2) is 9.74. The minimum Gasteiger partial charge on any atom is -0.492 e. The molecule has 0 fully saturated rings. The summed E-state index contributed by atoms with van der Waals surface area (Å²) in [4.78, 5) is 4.63. The molecule has 0 amide bonds. The smallest absolute Gasteiger partial charge is 0.133 e. The van der Waals surface area contributed by atoms with Crippen molar-refractivity contribution in [1.29, 1.82) is 0 Å². The lowest BCUT2D eigenvalue weighted by Crippen LogP contribution is -2.38. The van der Waals surface area contributed by atoms with Crippen LogP contribution in [0.15, 0.2) is 52.3 Å². The summed E-state index contributed by atoms with van der Waals surface area (Å²) in [5, 5.41) is 0. The van der Waals surface area contributed by atoms with Crippen LogP contribution in [-0.4, -0.2) is 30.1 Å². The lowest BCUT2D eigenvalue weighted by molar-refractivity contribution is 0.159. The summed E-state index contributed by atoms with van der Waals surface area (Å²) >= 11 is 1.64. The topological polar surface area (TPSA) is 64.5 Å². The number of hydrogen-bond acceptors (Lipinski definition) is 5. The van der Waals surface area contributed by atoms with Crippen LogP contribution < -0.4 is 16.2 Å². The molecule has 0 unspecified atom stereocenters. The first-order valence-corrected chi connectivity index (χ1v) is 10.0. The van der Waals surface area contributed by atoms with Crippen molar-refractivity contribution >= 4 is 23.1 Å². The molecule has 0 saturated carbocycles. The molecule has 142 valence electrons. The van der Waals surface area contributed by atoms with E-state index in [4.69, 9.17) is 16.2 Å². The van der Waals surface area contributed by atoms with Gasteiger partial charge in [-0.1, -0.05) is 23.9 Å². The van der Waals surface area contributed by atoms with Gasteiger partial charge in [0.25, 0.3) is 0 Å². The van der Waals surface area contributed by atoms with Crippen LogP contribution in [0.3, 0.4) is 0 Å². The summed E-state index contributed by atoms with van der Waals surface area (Å²) < 4.78 is 6.07. The summed E-state index contributed by atoms with van der Waals surface area (Å²) in [5.41, 5.74) is 12.9. The maximum atomic E-state index is 6.07. The maximum absolute atomic E-state index is 6.07. The van der Waals surface area contributed by atoms with Crippen molar-refractivity contribution in [3.8, 4) is 5.75 Å². The van der Waals surface area contributed by atoms with Crippen LogP contribution in [-0.2, 0) is 0 Å². The van der Waals surface area contributed by atoms with Crippen molar-refractivity contribution in [2.45, 2.75) is 56.0 Å². The molecular formula is C21H31N3OS. The molecule has 0 saturated heterocycles. The molecule has 4 nitrogen and oxygen atoms in total. The van der Waals surface area contributed by atoms with Gasteiger partial charge in [0.15, 0.2) is 0 Å². The zero-order valence-electron chi connectivity index (χ0n) is 16.2. The Morgan fingerprint density at radius 1 is 0.962 bits per heavy atom. The highest BCUT2D eigenvalue weighted by Crippen LogP contribution is 2.36. The summed E-state index contributed by atoms with van der Waals surface area (Å²) in [6.45, 7) is 10.7. The Labute approximate surface area is 161 Å². The van der Waals surface area contributed by atoms with Crippen LogP contribution in [0, 0.1) is 0 Å². The number of nitrogen functional groups attached to an aromatic ring is 2. The number of anilines is 2. The van der Waals surface area contributed by atoms with Crippen molar-refractivity contribution < 1.29 is 4.74 Å². The molecule has 4 N–H and O–H groups in total. The average Bonchev–Trinajstić information content (AvgIpc) is 2.58. The Hall–Kier alpha value is -1.85. The van der Waals surface area contributed by atoms with E-state index in [2.05, 4.69) is 38.7 Å². The minimum atomic E-state index is 0.550. The first kappa shape index (κ1) is 20.5. The van der Waals surface area contributed by atoms with Crippen LogP contribution in [0.2, 0.25) is 0 Å². The first-order valence-electron chi connectivity index (χ1n) is 9.19. The van der Waals surface area contributed by atoms with E-state index in [1.807, 2.05) is 36.4 Å². The normalized spacial score (nSPS) is 11.5. The lowest BCUT2D eigenvalue weighted by atomic mass is 10.2. The quantitative estimate of drug-likeness (QED) is 0.484. The van der Waals surface area contributed by atoms with Crippen LogP contribution in [0.4, 0.5) is 11.4 Å². The zero-order chi connectivity index (χ0) is 19.1. The highest BCUT2D eigenvalue weighted by molar-refractivity contribution is 7.99. The first-order chi connectivity index (χ1) is 12.4. The molecule has 0 spiro atoms. The van der Waals surface area contributed by atoms with Crippen molar-refractivity contribution in [3.05, 3.63) is 42.5 Å². The van der Waals surface area contributed by atoms with E-state index in [0.717, 1.165) is 28.5 Å². The summed E-state index contributed by atoms with van der Waals surface area (Å²) in [5.74, 6) is 0.911. The molecule has 0 aliphatic rings. The van der Waals surface area contributed by atoms with Crippen molar-refractivity contribution in [3.63, 3.8) is 0 Å². The third kappa shape index (κ3) is 5.85. The second-order valence-electron chi connectivity index (χ2n) is 6.97. The van der Waals surface area contributed by atoms with E-state index in [1.54, 1.807) is 11.8 Å². The third-order valence-electron chi connectivity index (χ3n) is 4.28. The number of nitrogens with zero attached hydrogens (tertiary/aromatic N) is 1. The Morgan fingerprint density at radius 2 is 1.65 bits per heavy atom. The highest BCUT2D eigenvalue weighted by atomic mass is 32.2. The van der Waals surface area contributed by atoms with Gasteiger partial charge < -0.3 is 16.2 Å². The summed E-state index contributed by atoms with van der Waals surface area (Å²) in [6, 6.07) is 14.9. The monoisotopic (exact) mass is 373 g/mol. The predicted molar refractivity (Wildman–Crippen MR) is 113 cm³/mol. The second-order valence-corrected chi connectivity index (χ2v) is 8.08. The van der Waals surface area contributed by atoms with E-state index < -0.39 is 0 Å². The minimum absolute atomic E-state index is 0.550. The van der Waals surface area contributed by atoms with Crippen molar-refractivity contribution in [2.24, 2.45) is 0 Å². The van der Waals surface area contributed by atoms with E-state index >= 15 is 0 Å².